The number of benzene rings is 2. The lowest BCUT2D eigenvalue weighted by Gasteiger charge is -2.25. The van der Waals surface area contributed by atoms with Gasteiger partial charge in [-0.2, -0.15) is 0 Å². The summed E-state index contributed by atoms with van der Waals surface area (Å²) in [7, 11) is 0. The smallest absolute Gasteiger partial charge is 0.271 e. The van der Waals surface area contributed by atoms with Crippen LogP contribution in [0.4, 0.5) is 15.8 Å². The van der Waals surface area contributed by atoms with Crippen molar-refractivity contribution >= 4 is 17.3 Å². The number of nitro groups is 1. The van der Waals surface area contributed by atoms with E-state index in [1.807, 2.05) is 0 Å². The molecule has 1 aliphatic heterocycles. The van der Waals surface area contributed by atoms with Crippen molar-refractivity contribution in [2.24, 2.45) is 0 Å². The zero-order valence-electron chi connectivity index (χ0n) is 14.8. The van der Waals surface area contributed by atoms with E-state index in [9.17, 15) is 19.3 Å². The van der Waals surface area contributed by atoms with Crippen molar-refractivity contribution in [2.45, 2.75) is 31.8 Å². The van der Waals surface area contributed by atoms with Crippen molar-refractivity contribution in [3.8, 4) is 0 Å². The highest BCUT2D eigenvalue weighted by Gasteiger charge is 2.33. The van der Waals surface area contributed by atoms with Crippen molar-refractivity contribution in [1.29, 1.82) is 0 Å². The highest BCUT2D eigenvalue weighted by Crippen LogP contribution is 2.33. The SMILES string of the molecule is O=C(CN(Cc1ccc(F)cc1)C1CC1)N1CCc2ccc([N+](=O)[O-])cc21. The van der Waals surface area contributed by atoms with E-state index in [1.54, 1.807) is 23.1 Å². The molecular weight excluding hydrogens is 349 g/mol. The van der Waals surface area contributed by atoms with Crippen molar-refractivity contribution in [3.05, 3.63) is 69.5 Å². The van der Waals surface area contributed by atoms with Crippen LogP contribution in [0.5, 0.6) is 0 Å². The van der Waals surface area contributed by atoms with Gasteiger partial charge < -0.3 is 4.90 Å². The quantitative estimate of drug-likeness (QED) is 0.579. The van der Waals surface area contributed by atoms with Crippen LogP contribution in [0.3, 0.4) is 0 Å². The van der Waals surface area contributed by atoms with E-state index in [2.05, 4.69) is 4.90 Å². The second kappa shape index (κ2) is 7.08. The maximum atomic E-state index is 13.1. The predicted octanol–water partition coefficient (Wildman–Crippen LogP) is 3.29. The Bertz CT molecular complexity index is 881. The Morgan fingerprint density at radius 1 is 1.22 bits per heavy atom. The topological polar surface area (TPSA) is 66.7 Å². The van der Waals surface area contributed by atoms with Crippen LogP contribution in [0.1, 0.15) is 24.0 Å². The second-order valence-corrected chi connectivity index (χ2v) is 7.13. The molecule has 140 valence electrons. The van der Waals surface area contributed by atoms with Crippen molar-refractivity contribution in [2.75, 3.05) is 18.0 Å². The fourth-order valence-electron chi connectivity index (χ4n) is 3.58. The lowest BCUT2D eigenvalue weighted by molar-refractivity contribution is -0.384. The zero-order chi connectivity index (χ0) is 19.0. The summed E-state index contributed by atoms with van der Waals surface area (Å²) in [5, 5.41) is 11.0. The van der Waals surface area contributed by atoms with E-state index in [1.165, 1.54) is 24.3 Å². The maximum Gasteiger partial charge on any atom is 0.271 e. The predicted molar refractivity (Wildman–Crippen MR) is 99.0 cm³/mol. The van der Waals surface area contributed by atoms with Gasteiger partial charge in [0, 0.05) is 31.3 Å². The molecule has 0 N–H and O–H groups in total. The number of anilines is 1. The molecule has 0 bridgehead atoms. The number of nitrogens with zero attached hydrogens (tertiary/aromatic N) is 3. The summed E-state index contributed by atoms with van der Waals surface area (Å²) in [6, 6.07) is 11.4. The third kappa shape index (κ3) is 3.83. The van der Waals surface area contributed by atoms with Gasteiger partial charge in [-0.15, -0.1) is 0 Å². The van der Waals surface area contributed by atoms with Crippen LogP contribution >= 0.6 is 0 Å². The molecule has 0 atom stereocenters. The number of halogens is 1. The molecule has 0 unspecified atom stereocenters. The van der Waals surface area contributed by atoms with Crippen LogP contribution < -0.4 is 4.90 Å². The molecule has 1 fully saturated rings. The lowest BCUT2D eigenvalue weighted by Crippen LogP contribution is -2.40. The average Bonchev–Trinajstić information content (AvgIpc) is 3.41. The summed E-state index contributed by atoms with van der Waals surface area (Å²) < 4.78 is 13.1. The number of amides is 1. The van der Waals surface area contributed by atoms with Gasteiger partial charge in [0.25, 0.3) is 5.69 Å². The summed E-state index contributed by atoms with van der Waals surface area (Å²) in [5.74, 6) is -0.327. The van der Waals surface area contributed by atoms with Gasteiger partial charge in [-0.25, -0.2) is 4.39 Å². The third-order valence-corrected chi connectivity index (χ3v) is 5.18. The van der Waals surface area contributed by atoms with Crippen LogP contribution in [0.15, 0.2) is 42.5 Å². The summed E-state index contributed by atoms with van der Waals surface area (Å²) in [4.78, 5) is 27.3. The van der Waals surface area contributed by atoms with Gasteiger partial charge in [-0.05, 0) is 42.5 Å². The van der Waals surface area contributed by atoms with Crippen molar-refractivity contribution in [3.63, 3.8) is 0 Å². The van der Waals surface area contributed by atoms with Crippen LogP contribution in [0.25, 0.3) is 0 Å². The molecule has 27 heavy (non-hydrogen) atoms. The summed E-state index contributed by atoms with van der Waals surface area (Å²) >= 11 is 0. The molecule has 0 aromatic heterocycles. The molecule has 0 spiro atoms. The molecule has 0 radical (unpaired) electrons. The minimum absolute atomic E-state index is 0.00110. The fraction of sp³-hybridized carbons (Fsp3) is 0.350. The normalized spacial score (nSPS) is 15.9. The number of carbonyl (C=O) groups excluding carboxylic acids is 1. The minimum Gasteiger partial charge on any atom is -0.310 e. The summed E-state index contributed by atoms with van der Waals surface area (Å²) in [6.07, 6.45) is 2.81. The Morgan fingerprint density at radius 2 is 1.96 bits per heavy atom. The molecule has 0 saturated heterocycles. The van der Waals surface area contributed by atoms with Gasteiger partial charge in [0.05, 0.1) is 17.2 Å². The van der Waals surface area contributed by atoms with E-state index in [-0.39, 0.29) is 24.0 Å². The molecule has 1 saturated carbocycles. The number of hydrogen-bond donors (Lipinski definition) is 0. The first kappa shape index (κ1) is 17.6. The molecule has 7 heteroatoms. The first-order chi connectivity index (χ1) is 13.0. The fourth-order valence-corrected chi connectivity index (χ4v) is 3.58. The van der Waals surface area contributed by atoms with E-state index in [4.69, 9.17) is 0 Å². The van der Waals surface area contributed by atoms with Crippen LogP contribution in [-0.4, -0.2) is 34.9 Å². The van der Waals surface area contributed by atoms with Crippen LogP contribution in [0.2, 0.25) is 0 Å². The van der Waals surface area contributed by atoms with Gasteiger partial charge in [0.2, 0.25) is 5.91 Å². The number of nitro benzene ring substituents is 1. The zero-order valence-corrected chi connectivity index (χ0v) is 14.8. The Labute approximate surface area is 156 Å². The van der Waals surface area contributed by atoms with Crippen LogP contribution in [-0.2, 0) is 17.8 Å². The maximum absolute atomic E-state index is 13.1. The number of carbonyl (C=O) groups is 1. The van der Waals surface area contributed by atoms with Gasteiger partial charge in [-0.3, -0.25) is 19.8 Å². The molecule has 1 heterocycles. The standard InChI is InChI=1S/C20H20FN3O3/c21-16-4-1-14(2-5-16)12-22(17-7-8-17)13-20(25)23-10-9-15-3-6-18(24(26)27)11-19(15)23/h1-6,11,17H,7-10,12-13H2. The highest BCUT2D eigenvalue weighted by molar-refractivity contribution is 5.97. The van der Waals surface area contributed by atoms with Gasteiger partial charge in [0.15, 0.2) is 0 Å². The molecule has 1 amide bonds. The minimum atomic E-state index is -0.438. The van der Waals surface area contributed by atoms with Crippen molar-refractivity contribution in [1.82, 2.24) is 4.90 Å². The van der Waals surface area contributed by atoms with Gasteiger partial charge in [-0.1, -0.05) is 18.2 Å². The Hall–Kier alpha value is -2.80. The molecule has 2 aromatic rings. The summed E-state index contributed by atoms with van der Waals surface area (Å²) in [6.45, 7) is 1.39. The van der Waals surface area contributed by atoms with E-state index < -0.39 is 4.92 Å². The first-order valence-electron chi connectivity index (χ1n) is 9.07. The third-order valence-electron chi connectivity index (χ3n) is 5.18. The Kier molecular flexibility index (Phi) is 4.61. The van der Waals surface area contributed by atoms with Gasteiger partial charge >= 0.3 is 0 Å². The molecule has 4 rings (SSSR count). The Morgan fingerprint density at radius 3 is 2.63 bits per heavy atom. The number of fused-ring (bicyclic) bond motifs is 1. The molecule has 1 aliphatic carbocycles. The molecule has 6 nitrogen and oxygen atoms in total. The number of rotatable bonds is 6. The molecule has 2 aromatic carbocycles. The lowest BCUT2D eigenvalue weighted by atomic mass is 10.1. The number of non-ortho nitro benzene ring substituents is 1. The highest BCUT2D eigenvalue weighted by atomic mass is 19.1. The largest absolute Gasteiger partial charge is 0.310 e. The molecular formula is C20H20FN3O3. The van der Waals surface area contributed by atoms with Gasteiger partial charge in [0.1, 0.15) is 5.82 Å². The number of hydrogen-bond acceptors (Lipinski definition) is 4. The van der Waals surface area contributed by atoms with E-state index in [0.717, 1.165) is 24.0 Å². The monoisotopic (exact) mass is 369 g/mol. The first-order valence-corrected chi connectivity index (χ1v) is 9.07. The second-order valence-electron chi connectivity index (χ2n) is 7.13. The van der Waals surface area contributed by atoms with E-state index >= 15 is 0 Å². The van der Waals surface area contributed by atoms with Crippen molar-refractivity contribution < 1.29 is 14.1 Å². The van der Waals surface area contributed by atoms with Crippen LogP contribution in [0, 0.1) is 15.9 Å². The summed E-state index contributed by atoms with van der Waals surface area (Å²) in [5.41, 5.74) is 2.57. The molecule has 2 aliphatic rings. The van der Waals surface area contributed by atoms with E-state index in [0.29, 0.717) is 31.2 Å². The average molecular weight is 369 g/mol. The Balaban J connectivity index is 1.49.